The summed E-state index contributed by atoms with van der Waals surface area (Å²) in [5.41, 5.74) is -3.29. The van der Waals surface area contributed by atoms with Crippen LogP contribution >= 0.6 is 0 Å². The molecule has 7 heteroatoms. The maximum absolute atomic E-state index is 13.9. The van der Waals surface area contributed by atoms with Crippen molar-refractivity contribution in [2.24, 2.45) is 35.5 Å². The Morgan fingerprint density at radius 3 is 1.70 bits per heavy atom. The predicted molar refractivity (Wildman–Crippen MR) is 148 cm³/mol. The first-order chi connectivity index (χ1) is 19.1. The van der Waals surface area contributed by atoms with Gasteiger partial charge in [-0.2, -0.15) is 13.2 Å². The molecule has 0 aromatic heterocycles. The Kier molecular flexibility index (Phi) is 11.0. The minimum atomic E-state index is -5.04. The normalized spacial score (nSPS) is 29.9. The van der Waals surface area contributed by atoms with Crippen molar-refractivity contribution in [3.05, 3.63) is 28.8 Å². The van der Waals surface area contributed by atoms with Gasteiger partial charge in [0, 0.05) is 17.5 Å². The van der Waals surface area contributed by atoms with Gasteiger partial charge >= 0.3 is 6.18 Å². The summed E-state index contributed by atoms with van der Waals surface area (Å²) in [5.74, 6) is 2.87. The zero-order valence-electron chi connectivity index (χ0n) is 24.2. The highest BCUT2D eigenvalue weighted by Gasteiger charge is 2.42. The van der Waals surface area contributed by atoms with Crippen molar-refractivity contribution in [2.45, 2.75) is 123 Å². The minimum absolute atomic E-state index is 0.0190. The second-order valence-corrected chi connectivity index (χ2v) is 12.8. The van der Waals surface area contributed by atoms with Gasteiger partial charge in [-0.3, -0.25) is 4.79 Å². The summed E-state index contributed by atoms with van der Waals surface area (Å²) in [6.07, 6.45) is 8.84. The summed E-state index contributed by atoms with van der Waals surface area (Å²) in [6, 6.07) is 2.10. The standard InChI is InChI=1S/C33H47F5O2/c1-3-5-21-6-10-23(11-7-21)25-14-16-26(17-15-25)24-12-8-22(9-13-24)20-28(39)27-18-19-29(40-4-2)31(33(36,37)38)30(27)32(34)35/h18-19,21-26,32H,3-17,20H2,1-2H3. The molecule has 0 saturated heterocycles. The third kappa shape index (κ3) is 7.59. The third-order valence-electron chi connectivity index (χ3n) is 10.4. The van der Waals surface area contributed by atoms with Crippen LogP contribution in [0, 0.1) is 35.5 Å². The number of alkyl halides is 5. The van der Waals surface area contributed by atoms with E-state index in [1.807, 2.05) is 0 Å². The van der Waals surface area contributed by atoms with Gasteiger partial charge < -0.3 is 4.74 Å². The van der Waals surface area contributed by atoms with Crippen molar-refractivity contribution in [2.75, 3.05) is 6.61 Å². The topological polar surface area (TPSA) is 26.3 Å². The number of carbonyl (C=O) groups excluding carboxylic acids is 1. The van der Waals surface area contributed by atoms with Gasteiger partial charge in [-0.05, 0) is 119 Å². The van der Waals surface area contributed by atoms with Crippen LogP contribution in [0.5, 0.6) is 5.75 Å². The predicted octanol–water partition coefficient (Wildman–Crippen LogP) is 10.8. The lowest BCUT2D eigenvalue weighted by atomic mass is 9.64. The molecule has 4 rings (SSSR count). The Balaban J connectivity index is 1.29. The van der Waals surface area contributed by atoms with Crippen LogP contribution in [0.25, 0.3) is 0 Å². The van der Waals surface area contributed by atoms with E-state index in [4.69, 9.17) is 4.74 Å². The molecule has 1 aromatic rings. The molecule has 0 N–H and O–H groups in total. The molecule has 0 bridgehead atoms. The molecule has 40 heavy (non-hydrogen) atoms. The Morgan fingerprint density at radius 1 is 0.800 bits per heavy atom. The zero-order chi connectivity index (χ0) is 28.9. The Hall–Kier alpha value is -1.66. The van der Waals surface area contributed by atoms with Gasteiger partial charge in [0.15, 0.2) is 5.78 Å². The Labute approximate surface area is 236 Å². The average Bonchev–Trinajstić information content (AvgIpc) is 2.93. The lowest BCUT2D eigenvalue weighted by molar-refractivity contribution is -0.140. The number of carbonyl (C=O) groups is 1. The first-order valence-corrected chi connectivity index (χ1v) is 15.8. The molecule has 3 aliphatic carbocycles. The molecule has 226 valence electrons. The molecule has 2 nitrogen and oxygen atoms in total. The molecule has 0 atom stereocenters. The van der Waals surface area contributed by atoms with E-state index in [0.717, 1.165) is 61.5 Å². The molecule has 3 aliphatic rings. The van der Waals surface area contributed by atoms with Crippen LogP contribution in [-0.4, -0.2) is 12.4 Å². The van der Waals surface area contributed by atoms with E-state index in [-0.39, 0.29) is 18.9 Å². The van der Waals surface area contributed by atoms with Crippen LogP contribution in [0.2, 0.25) is 0 Å². The summed E-state index contributed by atoms with van der Waals surface area (Å²) >= 11 is 0. The molecule has 0 aliphatic heterocycles. The van der Waals surface area contributed by atoms with Gasteiger partial charge in [0.2, 0.25) is 0 Å². The quantitative estimate of drug-likeness (QED) is 0.207. The molecular formula is C33H47F5O2. The van der Waals surface area contributed by atoms with Crippen molar-refractivity contribution in [3.63, 3.8) is 0 Å². The summed E-state index contributed by atoms with van der Waals surface area (Å²) < 4.78 is 74.1. The second kappa shape index (κ2) is 14.0. The highest BCUT2D eigenvalue weighted by Crippen LogP contribution is 2.48. The lowest BCUT2D eigenvalue weighted by Crippen LogP contribution is -2.30. The Morgan fingerprint density at radius 2 is 1.27 bits per heavy atom. The SMILES string of the molecule is CCCC1CCC(C2CCC(C3CCC(CC(=O)c4ccc(OCC)c(C(F)(F)F)c4C(F)F)CC3)CC2)CC1. The zero-order valence-corrected chi connectivity index (χ0v) is 24.2. The smallest absolute Gasteiger partial charge is 0.420 e. The maximum atomic E-state index is 13.9. The van der Waals surface area contributed by atoms with Crippen LogP contribution in [-0.2, 0) is 6.18 Å². The molecule has 1 aromatic carbocycles. The number of ether oxygens (including phenoxy) is 1. The highest BCUT2D eigenvalue weighted by molar-refractivity contribution is 5.98. The number of ketones is 1. The van der Waals surface area contributed by atoms with Gasteiger partial charge in [0.1, 0.15) is 11.3 Å². The molecule has 0 amide bonds. The van der Waals surface area contributed by atoms with Gasteiger partial charge in [-0.25, -0.2) is 8.78 Å². The number of halogens is 5. The molecular weight excluding hydrogens is 523 g/mol. The van der Waals surface area contributed by atoms with Crippen molar-refractivity contribution in [3.8, 4) is 5.75 Å². The van der Waals surface area contributed by atoms with Crippen molar-refractivity contribution < 1.29 is 31.5 Å². The van der Waals surface area contributed by atoms with Crippen LogP contribution in [0.1, 0.15) is 138 Å². The van der Waals surface area contributed by atoms with E-state index in [1.165, 1.54) is 71.1 Å². The van der Waals surface area contributed by atoms with Gasteiger partial charge in [-0.1, -0.05) is 32.6 Å². The van der Waals surface area contributed by atoms with E-state index in [1.54, 1.807) is 0 Å². The number of benzene rings is 1. The second-order valence-electron chi connectivity index (χ2n) is 12.8. The molecule has 0 unspecified atom stereocenters. The first kappa shape index (κ1) is 31.3. The van der Waals surface area contributed by atoms with Gasteiger partial charge in [0.25, 0.3) is 6.43 Å². The van der Waals surface area contributed by atoms with E-state index >= 15 is 0 Å². The molecule has 0 heterocycles. The Bertz CT molecular complexity index is 950. The van der Waals surface area contributed by atoms with Crippen LogP contribution in [0.3, 0.4) is 0 Å². The van der Waals surface area contributed by atoms with Crippen molar-refractivity contribution >= 4 is 5.78 Å². The number of hydrogen-bond donors (Lipinski definition) is 0. The monoisotopic (exact) mass is 570 g/mol. The fourth-order valence-electron chi connectivity index (χ4n) is 8.32. The minimum Gasteiger partial charge on any atom is -0.493 e. The number of rotatable bonds is 10. The summed E-state index contributed by atoms with van der Waals surface area (Å²) in [5, 5.41) is 0. The van der Waals surface area contributed by atoms with Gasteiger partial charge in [-0.15, -0.1) is 0 Å². The molecule has 0 radical (unpaired) electrons. The van der Waals surface area contributed by atoms with Crippen molar-refractivity contribution in [1.82, 2.24) is 0 Å². The highest BCUT2D eigenvalue weighted by atomic mass is 19.4. The largest absolute Gasteiger partial charge is 0.493 e. The molecule has 3 saturated carbocycles. The fourth-order valence-corrected chi connectivity index (χ4v) is 8.32. The van der Waals surface area contributed by atoms with E-state index in [0.29, 0.717) is 5.92 Å². The maximum Gasteiger partial charge on any atom is 0.420 e. The molecule has 0 spiro atoms. The number of hydrogen-bond acceptors (Lipinski definition) is 2. The van der Waals surface area contributed by atoms with Crippen molar-refractivity contribution in [1.29, 1.82) is 0 Å². The average molecular weight is 571 g/mol. The van der Waals surface area contributed by atoms with E-state index < -0.39 is 40.8 Å². The van der Waals surface area contributed by atoms with Crippen LogP contribution in [0.4, 0.5) is 22.0 Å². The molecule has 3 fully saturated rings. The summed E-state index contributed by atoms with van der Waals surface area (Å²) in [4.78, 5) is 13.1. The van der Waals surface area contributed by atoms with E-state index in [9.17, 15) is 26.7 Å². The van der Waals surface area contributed by atoms with E-state index in [2.05, 4.69) is 6.92 Å². The summed E-state index contributed by atoms with van der Waals surface area (Å²) in [6.45, 7) is 3.68. The fraction of sp³-hybridized carbons (Fsp3) is 0.788. The lowest BCUT2D eigenvalue weighted by Gasteiger charge is -2.41. The first-order valence-electron chi connectivity index (χ1n) is 15.8. The van der Waals surface area contributed by atoms with Crippen LogP contribution < -0.4 is 4.74 Å². The number of Topliss-reactive ketones (excluding diaryl/α,β-unsaturated/α-hetero) is 1. The van der Waals surface area contributed by atoms with Gasteiger partial charge in [0.05, 0.1) is 6.61 Å². The van der Waals surface area contributed by atoms with Crippen LogP contribution in [0.15, 0.2) is 12.1 Å². The summed E-state index contributed by atoms with van der Waals surface area (Å²) in [7, 11) is 0. The third-order valence-corrected chi connectivity index (χ3v) is 10.4.